The number of nitrogens with zero attached hydrogens (tertiary/aromatic N) is 2. The maximum Gasteiger partial charge on any atom is 0.189 e. The van der Waals surface area contributed by atoms with Gasteiger partial charge in [0.25, 0.3) is 0 Å². The van der Waals surface area contributed by atoms with Gasteiger partial charge >= 0.3 is 0 Å². The van der Waals surface area contributed by atoms with Gasteiger partial charge in [-0.3, -0.25) is 0 Å². The van der Waals surface area contributed by atoms with Crippen LogP contribution in [0.5, 0.6) is 0 Å². The number of halogens is 2. The van der Waals surface area contributed by atoms with Crippen LogP contribution in [0.4, 0.5) is 0 Å². The number of thioether (sulfide) groups is 1. The monoisotopic (exact) mass is 208 g/mol. The molecule has 1 aromatic rings. The zero-order valence-electron chi connectivity index (χ0n) is 6.06. The molecule has 0 aliphatic carbocycles. The van der Waals surface area contributed by atoms with Crippen LogP contribution in [0, 0.1) is 6.92 Å². The topological polar surface area (TPSA) is 25.8 Å². The lowest BCUT2D eigenvalue weighted by molar-refractivity contribution is 0.936. The van der Waals surface area contributed by atoms with Gasteiger partial charge in [-0.05, 0) is 13.2 Å². The lowest BCUT2D eigenvalue weighted by Crippen LogP contribution is -1.91. The molecule has 0 aliphatic rings. The Labute approximate surface area is 79.3 Å². The molecule has 0 N–H and O–H groups in total. The van der Waals surface area contributed by atoms with E-state index in [0.717, 1.165) is 5.69 Å². The Balaban J connectivity index is 3.21. The molecule has 0 aromatic carbocycles. The highest BCUT2D eigenvalue weighted by molar-refractivity contribution is 7.98. The maximum atomic E-state index is 5.74. The van der Waals surface area contributed by atoms with Crippen molar-refractivity contribution in [2.45, 2.75) is 12.1 Å². The lowest BCUT2D eigenvalue weighted by Gasteiger charge is -2.00. The molecule has 60 valence electrons. The fourth-order valence-corrected chi connectivity index (χ4v) is 1.35. The molecule has 0 fully saturated rings. The summed E-state index contributed by atoms with van der Waals surface area (Å²) in [6, 6.07) is 0. The molecule has 0 saturated heterocycles. The molecule has 0 unspecified atom stereocenters. The summed E-state index contributed by atoms with van der Waals surface area (Å²) in [6.07, 6.45) is 1.89. The smallest absolute Gasteiger partial charge is 0.189 e. The SMILES string of the molecule is CSc1nc(C)c(Cl)c(Cl)n1. The highest BCUT2D eigenvalue weighted by Gasteiger charge is 2.05. The van der Waals surface area contributed by atoms with E-state index in [4.69, 9.17) is 23.2 Å². The van der Waals surface area contributed by atoms with Crippen LogP contribution in [-0.2, 0) is 0 Å². The second-order valence-electron chi connectivity index (χ2n) is 1.90. The van der Waals surface area contributed by atoms with Gasteiger partial charge in [0, 0.05) is 0 Å². The molecule has 1 aromatic heterocycles. The predicted octanol–water partition coefficient (Wildman–Crippen LogP) is 2.81. The molecular weight excluding hydrogens is 203 g/mol. The summed E-state index contributed by atoms with van der Waals surface area (Å²) in [6.45, 7) is 1.80. The van der Waals surface area contributed by atoms with E-state index in [-0.39, 0.29) is 0 Å². The highest BCUT2D eigenvalue weighted by Crippen LogP contribution is 2.24. The van der Waals surface area contributed by atoms with E-state index in [1.54, 1.807) is 6.92 Å². The normalized spacial score (nSPS) is 10.2. The second kappa shape index (κ2) is 3.61. The number of hydrogen-bond donors (Lipinski definition) is 0. The summed E-state index contributed by atoms with van der Waals surface area (Å²) in [4.78, 5) is 8.02. The third-order valence-corrected chi connectivity index (χ3v) is 2.51. The lowest BCUT2D eigenvalue weighted by atomic mass is 10.5. The van der Waals surface area contributed by atoms with Crippen molar-refractivity contribution in [2.24, 2.45) is 0 Å². The molecule has 0 atom stereocenters. The minimum atomic E-state index is 0.323. The van der Waals surface area contributed by atoms with Crippen LogP contribution in [-0.4, -0.2) is 16.2 Å². The highest BCUT2D eigenvalue weighted by atomic mass is 35.5. The standard InChI is InChI=1S/C6H6Cl2N2S/c1-3-4(7)5(8)10-6(9-3)11-2/h1-2H3. The molecule has 11 heavy (non-hydrogen) atoms. The Kier molecular flexibility index (Phi) is 2.98. The average molecular weight is 209 g/mol. The van der Waals surface area contributed by atoms with Crippen molar-refractivity contribution in [1.29, 1.82) is 0 Å². The molecule has 0 spiro atoms. The van der Waals surface area contributed by atoms with E-state index in [1.165, 1.54) is 11.8 Å². The van der Waals surface area contributed by atoms with E-state index >= 15 is 0 Å². The molecule has 0 bridgehead atoms. The van der Waals surface area contributed by atoms with Gasteiger partial charge in [-0.25, -0.2) is 9.97 Å². The molecule has 0 aliphatic heterocycles. The van der Waals surface area contributed by atoms with Crippen LogP contribution < -0.4 is 0 Å². The molecule has 2 nitrogen and oxygen atoms in total. The molecule has 5 heteroatoms. The number of aryl methyl sites for hydroxylation is 1. The average Bonchev–Trinajstić information content (AvgIpc) is 1.99. The maximum absolute atomic E-state index is 5.74. The Bertz CT molecular complexity index is 254. The first kappa shape index (κ1) is 9.10. The third-order valence-electron chi connectivity index (χ3n) is 1.14. The van der Waals surface area contributed by atoms with Crippen LogP contribution >= 0.6 is 35.0 Å². The summed E-state index contributed by atoms with van der Waals surface area (Å²) < 4.78 is 0. The van der Waals surface area contributed by atoms with Gasteiger partial charge < -0.3 is 0 Å². The van der Waals surface area contributed by atoms with Crippen LogP contribution in [0.1, 0.15) is 5.69 Å². The molecular formula is C6H6Cl2N2S. The summed E-state index contributed by atoms with van der Waals surface area (Å²) in [5, 5.41) is 1.41. The van der Waals surface area contributed by atoms with Gasteiger partial charge in [0.1, 0.15) is 0 Å². The van der Waals surface area contributed by atoms with Crippen LogP contribution in [0.3, 0.4) is 0 Å². The van der Waals surface area contributed by atoms with Crippen molar-refractivity contribution in [3.8, 4) is 0 Å². The summed E-state index contributed by atoms with van der Waals surface area (Å²) >= 11 is 12.9. The van der Waals surface area contributed by atoms with E-state index in [9.17, 15) is 0 Å². The van der Waals surface area contributed by atoms with Gasteiger partial charge in [-0.2, -0.15) is 0 Å². The minimum Gasteiger partial charge on any atom is -0.226 e. The molecule has 1 heterocycles. The van der Waals surface area contributed by atoms with Crippen molar-refractivity contribution in [1.82, 2.24) is 9.97 Å². The Morgan fingerprint density at radius 2 is 1.91 bits per heavy atom. The van der Waals surface area contributed by atoms with Crippen LogP contribution in [0.25, 0.3) is 0 Å². The molecule has 1 rings (SSSR count). The molecule has 0 radical (unpaired) electrons. The fraction of sp³-hybridized carbons (Fsp3) is 0.333. The van der Waals surface area contributed by atoms with E-state index in [2.05, 4.69) is 9.97 Å². The Morgan fingerprint density at radius 3 is 2.36 bits per heavy atom. The van der Waals surface area contributed by atoms with Crippen molar-refractivity contribution >= 4 is 35.0 Å². The van der Waals surface area contributed by atoms with Gasteiger partial charge in [0.05, 0.1) is 10.7 Å². The predicted molar refractivity (Wildman–Crippen MR) is 48.6 cm³/mol. The fourth-order valence-electron chi connectivity index (χ4n) is 0.591. The molecule has 0 saturated carbocycles. The summed E-state index contributed by atoms with van der Waals surface area (Å²) in [7, 11) is 0. The van der Waals surface area contributed by atoms with Gasteiger partial charge in [-0.1, -0.05) is 35.0 Å². The van der Waals surface area contributed by atoms with Crippen molar-refractivity contribution < 1.29 is 0 Å². The van der Waals surface area contributed by atoms with Crippen LogP contribution in [0.2, 0.25) is 10.2 Å². The quantitative estimate of drug-likeness (QED) is 0.404. The second-order valence-corrected chi connectivity index (χ2v) is 3.41. The van der Waals surface area contributed by atoms with Crippen LogP contribution in [0.15, 0.2) is 5.16 Å². The molecule has 0 amide bonds. The van der Waals surface area contributed by atoms with E-state index in [1.807, 2.05) is 6.26 Å². The first-order valence-electron chi connectivity index (χ1n) is 2.88. The minimum absolute atomic E-state index is 0.323. The third kappa shape index (κ3) is 1.98. The zero-order chi connectivity index (χ0) is 8.43. The van der Waals surface area contributed by atoms with E-state index in [0.29, 0.717) is 15.3 Å². The van der Waals surface area contributed by atoms with E-state index < -0.39 is 0 Å². The first-order valence-corrected chi connectivity index (χ1v) is 4.87. The summed E-state index contributed by atoms with van der Waals surface area (Å²) in [5.41, 5.74) is 0.719. The van der Waals surface area contributed by atoms with Gasteiger partial charge in [0.2, 0.25) is 0 Å². The van der Waals surface area contributed by atoms with Gasteiger partial charge in [0.15, 0.2) is 10.3 Å². The summed E-state index contributed by atoms with van der Waals surface area (Å²) in [5.74, 6) is 0. The van der Waals surface area contributed by atoms with Crippen molar-refractivity contribution in [3.63, 3.8) is 0 Å². The van der Waals surface area contributed by atoms with Crippen molar-refractivity contribution in [2.75, 3.05) is 6.26 Å². The number of aromatic nitrogens is 2. The largest absolute Gasteiger partial charge is 0.226 e. The van der Waals surface area contributed by atoms with Crippen molar-refractivity contribution in [3.05, 3.63) is 15.9 Å². The first-order chi connectivity index (χ1) is 5.15. The zero-order valence-corrected chi connectivity index (χ0v) is 8.39. The number of rotatable bonds is 1. The van der Waals surface area contributed by atoms with Gasteiger partial charge in [-0.15, -0.1) is 0 Å². The Hall–Kier alpha value is 0.01000. The Morgan fingerprint density at radius 1 is 1.27 bits per heavy atom. The number of hydrogen-bond acceptors (Lipinski definition) is 3.